The molecule has 5 nitrogen and oxygen atoms in total. The molecule has 0 radical (unpaired) electrons. The predicted octanol–water partition coefficient (Wildman–Crippen LogP) is 6.52. The van der Waals surface area contributed by atoms with Crippen LogP contribution in [0, 0.1) is 19.8 Å². The highest BCUT2D eigenvalue weighted by atomic mass is 35.5. The fraction of sp³-hybridized carbons (Fsp3) is 0.276. The fourth-order valence-corrected chi connectivity index (χ4v) is 4.68. The molecule has 180 valence electrons. The van der Waals surface area contributed by atoms with Gasteiger partial charge in [0.15, 0.2) is 0 Å². The third kappa shape index (κ3) is 4.87. The molecule has 0 aliphatic rings. The van der Waals surface area contributed by atoms with Gasteiger partial charge in [0.1, 0.15) is 5.82 Å². The van der Waals surface area contributed by atoms with E-state index in [0.29, 0.717) is 39.5 Å². The average Bonchev–Trinajstić information content (AvgIpc) is 2.82. The molecule has 4 rings (SSSR count). The molecule has 1 unspecified atom stereocenters. The van der Waals surface area contributed by atoms with Crippen molar-refractivity contribution in [3.63, 3.8) is 0 Å². The molecule has 0 saturated heterocycles. The Balaban J connectivity index is 1.96. The van der Waals surface area contributed by atoms with Crippen molar-refractivity contribution in [1.29, 1.82) is 0 Å². The molecule has 0 aliphatic heterocycles. The number of carbonyl (C=O) groups is 1. The molecule has 6 heteroatoms. The Bertz CT molecular complexity index is 1460. The molecule has 0 fully saturated rings. The molecule has 0 aliphatic carbocycles. The van der Waals surface area contributed by atoms with Crippen LogP contribution in [-0.4, -0.2) is 26.9 Å². The minimum atomic E-state index is -0.461. The Morgan fingerprint density at radius 2 is 1.66 bits per heavy atom. The minimum Gasteiger partial charge on any atom is -0.328 e. The van der Waals surface area contributed by atoms with Gasteiger partial charge in [-0.2, -0.15) is 0 Å². The van der Waals surface area contributed by atoms with Crippen molar-refractivity contribution < 1.29 is 4.79 Å². The quantitative estimate of drug-likeness (QED) is 0.311. The number of para-hydroxylation sites is 1. The second-order valence-corrected chi connectivity index (χ2v) is 9.84. The first-order valence-electron chi connectivity index (χ1n) is 11.8. The Hall–Kier alpha value is -3.44. The summed E-state index contributed by atoms with van der Waals surface area (Å²) in [5.41, 5.74) is 3.55. The van der Waals surface area contributed by atoms with Gasteiger partial charge in [-0.15, -0.1) is 0 Å². The van der Waals surface area contributed by atoms with Crippen molar-refractivity contribution in [1.82, 2.24) is 14.5 Å². The third-order valence-corrected chi connectivity index (χ3v) is 6.48. The highest BCUT2D eigenvalue weighted by Gasteiger charge is 2.29. The van der Waals surface area contributed by atoms with Crippen LogP contribution in [0.5, 0.6) is 0 Å². The van der Waals surface area contributed by atoms with Crippen LogP contribution in [0.1, 0.15) is 54.1 Å². The number of aryl methyl sites for hydroxylation is 2. The number of halogens is 1. The molecule has 0 saturated carbocycles. The van der Waals surface area contributed by atoms with Crippen LogP contribution in [0.15, 0.2) is 71.5 Å². The average molecular weight is 488 g/mol. The van der Waals surface area contributed by atoms with Gasteiger partial charge < -0.3 is 4.90 Å². The maximum Gasteiger partial charge on any atom is 0.266 e. The number of rotatable bonds is 6. The van der Waals surface area contributed by atoms with Crippen LogP contribution in [0.25, 0.3) is 16.6 Å². The third-order valence-electron chi connectivity index (χ3n) is 6.24. The predicted molar refractivity (Wildman–Crippen MR) is 143 cm³/mol. The zero-order chi connectivity index (χ0) is 25.3. The lowest BCUT2D eigenvalue weighted by molar-refractivity contribution is 0.0654. The molecule has 35 heavy (non-hydrogen) atoms. The summed E-state index contributed by atoms with van der Waals surface area (Å²) in [6.07, 6.45) is 0. The molecular weight excluding hydrogens is 458 g/mol. The standard InChI is InChI=1S/C29H30ClN3O2/c1-18(2)17-32(28(34)23-11-7-6-10-19(23)3)21(5)27-31-25-13-9-8-12-24(25)29(35)33(27)26-15-14-22(30)16-20(26)4/h6-16,18,21H,17H2,1-5H3. The summed E-state index contributed by atoms with van der Waals surface area (Å²) in [5.74, 6) is 0.663. The Kier molecular flexibility index (Phi) is 7.08. The van der Waals surface area contributed by atoms with E-state index in [4.69, 9.17) is 16.6 Å². The second-order valence-electron chi connectivity index (χ2n) is 9.40. The number of benzene rings is 3. The highest BCUT2D eigenvalue weighted by Crippen LogP contribution is 2.28. The summed E-state index contributed by atoms with van der Waals surface area (Å²) in [4.78, 5) is 34.4. The normalized spacial score (nSPS) is 12.2. The van der Waals surface area contributed by atoms with Crippen molar-refractivity contribution in [3.8, 4) is 5.69 Å². The Morgan fingerprint density at radius 1 is 0.971 bits per heavy atom. The number of carbonyl (C=O) groups excluding carboxylic acids is 1. The molecular formula is C29H30ClN3O2. The second kappa shape index (κ2) is 10.0. The number of hydrogen-bond donors (Lipinski definition) is 0. The van der Waals surface area contributed by atoms with Crippen LogP contribution < -0.4 is 5.56 Å². The molecule has 3 aromatic carbocycles. The Labute approximate surface area is 211 Å². The first-order chi connectivity index (χ1) is 16.7. The zero-order valence-electron chi connectivity index (χ0n) is 20.7. The lowest BCUT2D eigenvalue weighted by atomic mass is 10.0. The fourth-order valence-electron chi connectivity index (χ4n) is 4.45. The first kappa shape index (κ1) is 24.7. The molecule has 0 bridgehead atoms. The summed E-state index contributed by atoms with van der Waals surface area (Å²) in [7, 11) is 0. The molecule has 1 heterocycles. The van der Waals surface area contributed by atoms with Crippen LogP contribution in [-0.2, 0) is 0 Å². The van der Waals surface area contributed by atoms with E-state index in [2.05, 4.69) is 13.8 Å². The van der Waals surface area contributed by atoms with E-state index in [-0.39, 0.29) is 17.4 Å². The van der Waals surface area contributed by atoms with Gasteiger partial charge in [-0.05, 0) is 74.2 Å². The summed E-state index contributed by atoms with van der Waals surface area (Å²) in [5, 5.41) is 1.12. The Morgan fingerprint density at radius 3 is 2.34 bits per heavy atom. The maximum atomic E-state index is 13.8. The topological polar surface area (TPSA) is 55.2 Å². The van der Waals surface area contributed by atoms with E-state index in [1.54, 1.807) is 16.7 Å². The van der Waals surface area contributed by atoms with Crippen molar-refractivity contribution >= 4 is 28.4 Å². The molecule has 0 N–H and O–H groups in total. The van der Waals surface area contributed by atoms with Crippen molar-refractivity contribution in [2.45, 2.75) is 40.7 Å². The van der Waals surface area contributed by atoms with Crippen molar-refractivity contribution in [3.05, 3.63) is 105 Å². The van der Waals surface area contributed by atoms with Gasteiger partial charge in [-0.25, -0.2) is 4.98 Å². The number of fused-ring (bicyclic) bond motifs is 1. The summed E-state index contributed by atoms with van der Waals surface area (Å²) in [6, 6.07) is 19.9. The molecule has 1 amide bonds. The summed E-state index contributed by atoms with van der Waals surface area (Å²) in [6.45, 7) is 10.5. The zero-order valence-corrected chi connectivity index (χ0v) is 21.5. The number of amides is 1. The monoisotopic (exact) mass is 487 g/mol. The van der Waals surface area contributed by atoms with E-state index in [0.717, 1.165) is 11.1 Å². The van der Waals surface area contributed by atoms with Crippen molar-refractivity contribution in [2.75, 3.05) is 6.54 Å². The van der Waals surface area contributed by atoms with Gasteiger partial charge in [0.2, 0.25) is 0 Å². The van der Waals surface area contributed by atoms with E-state index in [1.165, 1.54) is 0 Å². The smallest absolute Gasteiger partial charge is 0.266 e. The molecule has 4 aromatic rings. The van der Waals surface area contributed by atoms with Gasteiger partial charge in [-0.3, -0.25) is 14.2 Å². The lowest BCUT2D eigenvalue weighted by Gasteiger charge is -2.32. The van der Waals surface area contributed by atoms with Gasteiger partial charge in [0, 0.05) is 17.1 Å². The molecule has 0 spiro atoms. The first-order valence-corrected chi connectivity index (χ1v) is 12.2. The molecule has 1 aromatic heterocycles. The van der Waals surface area contributed by atoms with E-state index in [1.807, 2.05) is 80.3 Å². The number of hydrogen-bond acceptors (Lipinski definition) is 3. The van der Waals surface area contributed by atoms with Gasteiger partial charge in [-0.1, -0.05) is 55.8 Å². The highest BCUT2D eigenvalue weighted by molar-refractivity contribution is 6.30. The molecule has 1 atom stereocenters. The van der Waals surface area contributed by atoms with E-state index >= 15 is 0 Å². The van der Waals surface area contributed by atoms with Crippen molar-refractivity contribution in [2.24, 2.45) is 5.92 Å². The largest absolute Gasteiger partial charge is 0.328 e. The summed E-state index contributed by atoms with van der Waals surface area (Å²) < 4.78 is 1.64. The van der Waals surface area contributed by atoms with Crippen LogP contribution in [0.4, 0.5) is 0 Å². The van der Waals surface area contributed by atoms with E-state index < -0.39 is 6.04 Å². The van der Waals surface area contributed by atoms with Gasteiger partial charge in [0.25, 0.3) is 11.5 Å². The summed E-state index contributed by atoms with van der Waals surface area (Å²) >= 11 is 6.22. The van der Waals surface area contributed by atoms with Crippen LogP contribution >= 0.6 is 11.6 Å². The van der Waals surface area contributed by atoms with Gasteiger partial charge in [0.05, 0.1) is 22.6 Å². The van der Waals surface area contributed by atoms with Gasteiger partial charge >= 0.3 is 0 Å². The minimum absolute atomic E-state index is 0.0777. The number of aromatic nitrogens is 2. The van der Waals surface area contributed by atoms with E-state index in [9.17, 15) is 9.59 Å². The number of nitrogens with zero attached hydrogens (tertiary/aromatic N) is 3. The van der Waals surface area contributed by atoms with Crippen LogP contribution in [0.3, 0.4) is 0 Å². The lowest BCUT2D eigenvalue weighted by Crippen LogP contribution is -2.39. The SMILES string of the molecule is Cc1ccccc1C(=O)N(CC(C)C)C(C)c1nc2ccccc2c(=O)n1-c1ccc(Cl)cc1C. The maximum absolute atomic E-state index is 13.8. The van der Waals surface area contributed by atoms with Crippen LogP contribution in [0.2, 0.25) is 5.02 Å².